The molecule has 110 valence electrons. The van der Waals surface area contributed by atoms with Crippen molar-refractivity contribution in [1.29, 1.82) is 0 Å². The van der Waals surface area contributed by atoms with Gasteiger partial charge in [-0.1, -0.05) is 42.1 Å². The third kappa shape index (κ3) is 3.59. The molecule has 3 rings (SSSR count). The van der Waals surface area contributed by atoms with Crippen LogP contribution in [0.1, 0.15) is 17.0 Å². The van der Waals surface area contributed by atoms with E-state index < -0.39 is 0 Å². The number of aromatic nitrogens is 4. The second-order valence-electron chi connectivity index (χ2n) is 4.64. The number of aryl methyl sites for hydroxylation is 1. The Balaban J connectivity index is 1.75. The summed E-state index contributed by atoms with van der Waals surface area (Å²) in [5, 5.41) is 13.6. The van der Waals surface area contributed by atoms with Crippen LogP contribution in [0.5, 0.6) is 0 Å². The molecule has 0 aliphatic rings. The summed E-state index contributed by atoms with van der Waals surface area (Å²) >= 11 is 1.62. The Kier molecular flexibility index (Phi) is 4.60. The van der Waals surface area contributed by atoms with Crippen molar-refractivity contribution in [2.24, 2.45) is 5.10 Å². The molecule has 0 radical (unpaired) electrons. The minimum atomic E-state index is 0.765. The molecule has 1 aromatic carbocycles. The fourth-order valence-corrected chi connectivity index (χ4v) is 2.75. The number of rotatable bonds is 5. The topological polar surface area (TPSA) is 56.0 Å². The lowest BCUT2D eigenvalue weighted by Gasteiger charge is -2.02. The highest BCUT2D eigenvalue weighted by Gasteiger charge is 2.08. The summed E-state index contributed by atoms with van der Waals surface area (Å²) in [7, 11) is 0. The summed E-state index contributed by atoms with van der Waals surface area (Å²) in [6.45, 7) is 1.89. The largest absolute Gasteiger partial charge is 0.265 e. The van der Waals surface area contributed by atoms with Gasteiger partial charge in [-0.3, -0.25) is 4.98 Å². The van der Waals surface area contributed by atoms with E-state index in [0.29, 0.717) is 0 Å². The van der Waals surface area contributed by atoms with Crippen LogP contribution < -0.4 is 0 Å². The second kappa shape index (κ2) is 7.00. The molecule has 0 bridgehead atoms. The molecule has 2 aromatic heterocycles. The quantitative estimate of drug-likeness (QED) is 0.536. The average molecular weight is 309 g/mol. The first-order valence-corrected chi connectivity index (χ1v) is 7.84. The van der Waals surface area contributed by atoms with Crippen LogP contribution in [0.15, 0.2) is 65.1 Å². The SMILES string of the molecule is Cc1nnc(SCc2ccccc2)n1/N=C\c1ccncc1. The minimum absolute atomic E-state index is 0.765. The molecule has 0 fully saturated rings. The monoisotopic (exact) mass is 309 g/mol. The van der Waals surface area contributed by atoms with Crippen molar-refractivity contribution in [2.75, 3.05) is 0 Å². The van der Waals surface area contributed by atoms with Gasteiger partial charge in [-0.15, -0.1) is 10.2 Å². The Morgan fingerprint density at radius 2 is 1.86 bits per heavy atom. The lowest BCUT2D eigenvalue weighted by molar-refractivity contribution is 0.744. The molecule has 0 atom stereocenters. The average Bonchev–Trinajstić information content (AvgIpc) is 2.93. The predicted octanol–water partition coefficient (Wildman–Crippen LogP) is 3.16. The van der Waals surface area contributed by atoms with E-state index in [9.17, 15) is 0 Å². The third-order valence-corrected chi connectivity index (χ3v) is 4.00. The molecular weight excluding hydrogens is 294 g/mol. The number of nitrogens with zero attached hydrogens (tertiary/aromatic N) is 5. The molecule has 0 N–H and O–H groups in total. The number of pyridine rings is 1. The molecule has 0 amide bonds. The molecule has 0 aliphatic heterocycles. The van der Waals surface area contributed by atoms with Gasteiger partial charge in [-0.2, -0.15) is 9.78 Å². The Bertz CT molecular complexity index is 753. The first-order chi connectivity index (χ1) is 10.8. The number of thioether (sulfide) groups is 1. The molecule has 0 saturated carbocycles. The van der Waals surface area contributed by atoms with E-state index in [1.165, 1.54) is 5.56 Å². The van der Waals surface area contributed by atoms with Crippen LogP contribution >= 0.6 is 11.8 Å². The van der Waals surface area contributed by atoms with Crippen LogP contribution in [0.25, 0.3) is 0 Å². The summed E-state index contributed by atoms with van der Waals surface area (Å²) in [5.41, 5.74) is 2.24. The third-order valence-electron chi connectivity index (χ3n) is 3.01. The van der Waals surface area contributed by atoms with Gasteiger partial charge in [0, 0.05) is 18.1 Å². The Labute approximate surface area is 133 Å². The molecule has 6 heteroatoms. The highest BCUT2D eigenvalue weighted by atomic mass is 32.2. The molecule has 22 heavy (non-hydrogen) atoms. The van der Waals surface area contributed by atoms with E-state index in [1.807, 2.05) is 37.3 Å². The Morgan fingerprint density at radius 1 is 1.09 bits per heavy atom. The van der Waals surface area contributed by atoms with Crippen molar-refractivity contribution in [3.05, 3.63) is 71.8 Å². The molecule has 3 aromatic rings. The van der Waals surface area contributed by atoms with Crippen molar-refractivity contribution >= 4 is 18.0 Å². The fourth-order valence-electron chi connectivity index (χ4n) is 1.86. The van der Waals surface area contributed by atoms with Crippen LogP contribution in [0.2, 0.25) is 0 Å². The Hall–Kier alpha value is -2.47. The highest BCUT2D eigenvalue weighted by molar-refractivity contribution is 7.98. The smallest absolute Gasteiger partial charge is 0.212 e. The summed E-state index contributed by atoms with van der Waals surface area (Å²) in [5.74, 6) is 1.60. The number of hydrogen-bond acceptors (Lipinski definition) is 5. The van der Waals surface area contributed by atoms with Crippen LogP contribution in [0, 0.1) is 6.92 Å². The predicted molar refractivity (Wildman–Crippen MR) is 88.0 cm³/mol. The van der Waals surface area contributed by atoms with Gasteiger partial charge in [0.2, 0.25) is 5.16 Å². The van der Waals surface area contributed by atoms with Crippen molar-refractivity contribution < 1.29 is 0 Å². The molecule has 0 unspecified atom stereocenters. The zero-order valence-corrected chi connectivity index (χ0v) is 12.9. The van der Waals surface area contributed by atoms with Gasteiger partial charge in [-0.25, -0.2) is 0 Å². The standard InChI is InChI=1S/C16H15N5S/c1-13-19-20-16(22-12-15-5-3-2-4-6-15)21(13)18-11-14-7-9-17-10-8-14/h2-11H,12H2,1H3/b18-11-. The van der Waals surface area contributed by atoms with Crippen LogP contribution in [-0.2, 0) is 5.75 Å². The van der Waals surface area contributed by atoms with Crippen LogP contribution in [0.4, 0.5) is 0 Å². The zero-order chi connectivity index (χ0) is 15.2. The molecule has 0 saturated heterocycles. The Morgan fingerprint density at radius 3 is 2.64 bits per heavy atom. The van der Waals surface area contributed by atoms with Crippen molar-refractivity contribution in [2.45, 2.75) is 17.8 Å². The molecule has 2 heterocycles. The zero-order valence-electron chi connectivity index (χ0n) is 12.1. The van der Waals surface area contributed by atoms with Crippen molar-refractivity contribution in [1.82, 2.24) is 19.9 Å². The maximum absolute atomic E-state index is 4.47. The normalized spacial score (nSPS) is 11.1. The van der Waals surface area contributed by atoms with E-state index >= 15 is 0 Å². The number of hydrogen-bond donors (Lipinski definition) is 0. The first kappa shape index (κ1) is 14.5. The van der Waals surface area contributed by atoms with E-state index in [4.69, 9.17) is 0 Å². The van der Waals surface area contributed by atoms with Gasteiger partial charge in [0.1, 0.15) is 0 Å². The summed E-state index contributed by atoms with van der Waals surface area (Å²) in [6, 6.07) is 14.1. The summed E-state index contributed by atoms with van der Waals surface area (Å²) in [6.07, 6.45) is 5.27. The van der Waals surface area contributed by atoms with Crippen molar-refractivity contribution in [3.8, 4) is 0 Å². The highest BCUT2D eigenvalue weighted by Crippen LogP contribution is 2.21. The lowest BCUT2D eigenvalue weighted by atomic mass is 10.2. The maximum Gasteiger partial charge on any atom is 0.212 e. The first-order valence-electron chi connectivity index (χ1n) is 6.86. The van der Waals surface area contributed by atoms with E-state index in [-0.39, 0.29) is 0 Å². The molecule has 0 aliphatic carbocycles. The van der Waals surface area contributed by atoms with Crippen molar-refractivity contribution in [3.63, 3.8) is 0 Å². The van der Waals surface area contributed by atoms with Gasteiger partial charge in [0.15, 0.2) is 5.82 Å². The molecular formula is C16H15N5S. The number of benzene rings is 1. The van der Waals surface area contributed by atoms with Crippen LogP contribution in [-0.4, -0.2) is 26.1 Å². The van der Waals surface area contributed by atoms with Gasteiger partial charge in [0.25, 0.3) is 0 Å². The minimum Gasteiger partial charge on any atom is -0.265 e. The maximum atomic E-state index is 4.47. The van der Waals surface area contributed by atoms with Crippen LogP contribution in [0.3, 0.4) is 0 Å². The summed E-state index contributed by atoms with van der Waals surface area (Å²) in [4.78, 5) is 3.99. The second-order valence-corrected chi connectivity index (χ2v) is 5.58. The fraction of sp³-hybridized carbons (Fsp3) is 0.125. The molecule has 5 nitrogen and oxygen atoms in total. The van der Waals surface area contributed by atoms with E-state index in [2.05, 4.69) is 32.4 Å². The lowest BCUT2D eigenvalue weighted by Crippen LogP contribution is -1.96. The van der Waals surface area contributed by atoms with E-state index in [1.54, 1.807) is 35.0 Å². The summed E-state index contributed by atoms with van der Waals surface area (Å²) < 4.78 is 1.76. The van der Waals surface area contributed by atoms with Gasteiger partial charge < -0.3 is 0 Å². The van der Waals surface area contributed by atoms with Gasteiger partial charge in [-0.05, 0) is 30.2 Å². The van der Waals surface area contributed by atoms with E-state index in [0.717, 1.165) is 22.3 Å². The van der Waals surface area contributed by atoms with Gasteiger partial charge >= 0.3 is 0 Å². The molecule has 0 spiro atoms. The van der Waals surface area contributed by atoms with Gasteiger partial charge in [0.05, 0.1) is 6.21 Å².